The average molecular weight is 392 g/mol. The van der Waals surface area contributed by atoms with Crippen LogP contribution in [0.1, 0.15) is 10.5 Å². The van der Waals surface area contributed by atoms with E-state index in [4.69, 9.17) is 14.2 Å². The minimum absolute atomic E-state index is 0.0308. The van der Waals surface area contributed by atoms with Gasteiger partial charge in [-0.3, -0.25) is 14.9 Å². The van der Waals surface area contributed by atoms with Crippen molar-refractivity contribution < 1.29 is 28.6 Å². The van der Waals surface area contributed by atoms with Crippen molar-refractivity contribution >= 4 is 28.7 Å². The van der Waals surface area contributed by atoms with Crippen molar-refractivity contribution in [2.75, 3.05) is 13.2 Å². The van der Waals surface area contributed by atoms with Crippen LogP contribution in [0.25, 0.3) is 10.9 Å². The molecule has 0 aliphatic carbocycles. The van der Waals surface area contributed by atoms with Gasteiger partial charge < -0.3 is 14.2 Å². The van der Waals surface area contributed by atoms with Gasteiger partial charge in [-0.15, -0.1) is 0 Å². The molecule has 0 spiro atoms. The highest BCUT2D eigenvalue weighted by Gasteiger charge is 2.28. The molecule has 1 aliphatic heterocycles. The van der Waals surface area contributed by atoms with Gasteiger partial charge in [0.2, 0.25) is 6.10 Å². The van der Waals surface area contributed by atoms with Crippen molar-refractivity contribution in [2.24, 2.45) is 0 Å². The van der Waals surface area contributed by atoms with E-state index in [2.05, 4.69) is 10.3 Å². The fourth-order valence-electron chi connectivity index (χ4n) is 2.79. The Bertz CT molecular complexity index is 1100. The minimum Gasteiger partial charge on any atom is -0.485 e. The molecule has 8 heteroatoms. The normalized spacial score (nSPS) is 14.8. The van der Waals surface area contributed by atoms with E-state index < -0.39 is 30.5 Å². The molecule has 1 aromatic heterocycles. The molecular formula is C21H16N2O6. The molecule has 0 bridgehead atoms. The molecule has 4 rings (SSSR count). The number of ether oxygens (including phenoxy) is 3. The average Bonchev–Trinajstić information content (AvgIpc) is 2.76. The standard InChI is InChI=1S/C21H16N2O6/c24-19(23-20(25)18-11-27-16-7-3-4-8-17(16)29-18)12-28-21(26)15-10-9-13-5-1-2-6-14(13)22-15/h1-10,18H,11-12H2,(H,23,24,25)/t18-/m0/s1. The van der Waals surface area contributed by atoms with E-state index in [-0.39, 0.29) is 12.3 Å². The summed E-state index contributed by atoms with van der Waals surface area (Å²) in [5, 5.41) is 3.01. The maximum Gasteiger partial charge on any atom is 0.357 e. The number of hydrogen-bond acceptors (Lipinski definition) is 7. The van der Waals surface area contributed by atoms with Crippen molar-refractivity contribution in [3.63, 3.8) is 0 Å². The molecule has 3 aromatic rings. The summed E-state index contributed by atoms with van der Waals surface area (Å²) in [5.74, 6) is -1.26. The van der Waals surface area contributed by atoms with Gasteiger partial charge in [0.25, 0.3) is 11.8 Å². The number of amides is 2. The fourth-order valence-corrected chi connectivity index (χ4v) is 2.79. The highest BCUT2D eigenvalue weighted by molar-refractivity contribution is 5.99. The number of pyridine rings is 1. The molecule has 29 heavy (non-hydrogen) atoms. The Hall–Kier alpha value is -3.94. The van der Waals surface area contributed by atoms with E-state index in [1.165, 1.54) is 6.07 Å². The van der Waals surface area contributed by atoms with Crippen LogP contribution in [0.2, 0.25) is 0 Å². The Labute approximate surface area is 165 Å². The van der Waals surface area contributed by atoms with Crippen LogP contribution < -0.4 is 14.8 Å². The number of nitrogens with one attached hydrogen (secondary N) is 1. The lowest BCUT2D eigenvalue weighted by molar-refractivity contribution is -0.137. The van der Waals surface area contributed by atoms with Crippen molar-refractivity contribution in [1.29, 1.82) is 0 Å². The fraction of sp³-hybridized carbons (Fsp3) is 0.143. The summed E-state index contributed by atoms with van der Waals surface area (Å²) >= 11 is 0. The minimum atomic E-state index is -0.980. The van der Waals surface area contributed by atoms with Gasteiger partial charge in [0.15, 0.2) is 18.1 Å². The Balaban J connectivity index is 1.30. The van der Waals surface area contributed by atoms with Gasteiger partial charge in [0.05, 0.1) is 5.52 Å². The molecule has 0 saturated carbocycles. The molecule has 1 N–H and O–H groups in total. The molecule has 0 fully saturated rings. The molecule has 2 heterocycles. The number of hydrogen-bond donors (Lipinski definition) is 1. The highest BCUT2D eigenvalue weighted by atomic mass is 16.6. The van der Waals surface area contributed by atoms with Gasteiger partial charge in [-0.25, -0.2) is 9.78 Å². The summed E-state index contributed by atoms with van der Waals surface area (Å²) in [6.07, 6.45) is -0.980. The number of carbonyl (C=O) groups is 3. The lowest BCUT2D eigenvalue weighted by atomic mass is 10.2. The molecule has 0 saturated heterocycles. The molecule has 0 radical (unpaired) electrons. The zero-order valence-corrected chi connectivity index (χ0v) is 15.2. The van der Waals surface area contributed by atoms with Crippen molar-refractivity contribution in [3.8, 4) is 11.5 Å². The smallest absolute Gasteiger partial charge is 0.357 e. The summed E-state index contributed by atoms with van der Waals surface area (Å²) in [5.41, 5.74) is 0.708. The molecule has 2 aromatic carbocycles. The third kappa shape index (κ3) is 4.16. The first-order valence-electron chi connectivity index (χ1n) is 8.85. The van der Waals surface area contributed by atoms with Crippen molar-refractivity contribution in [3.05, 3.63) is 66.4 Å². The summed E-state index contributed by atoms with van der Waals surface area (Å²) in [7, 11) is 0. The molecular weight excluding hydrogens is 376 g/mol. The Morgan fingerprint density at radius 2 is 1.76 bits per heavy atom. The first kappa shape index (κ1) is 18.4. The first-order valence-corrected chi connectivity index (χ1v) is 8.85. The van der Waals surface area contributed by atoms with E-state index in [0.29, 0.717) is 17.0 Å². The Morgan fingerprint density at radius 1 is 1.00 bits per heavy atom. The SMILES string of the molecule is O=C(COC(=O)c1ccc2ccccc2n1)NC(=O)[C@@H]1COc2ccccc2O1. The Morgan fingerprint density at radius 3 is 2.62 bits per heavy atom. The van der Waals surface area contributed by atoms with Crippen LogP contribution in [0.3, 0.4) is 0 Å². The first-order chi connectivity index (χ1) is 14.1. The maximum atomic E-state index is 12.2. The zero-order valence-electron chi connectivity index (χ0n) is 15.2. The number of aromatic nitrogens is 1. The van der Waals surface area contributed by atoms with Crippen LogP contribution in [-0.4, -0.2) is 42.1 Å². The summed E-state index contributed by atoms with van der Waals surface area (Å²) in [6, 6.07) is 17.5. The van der Waals surface area contributed by atoms with Gasteiger partial charge in [-0.1, -0.05) is 36.4 Å². The van der Waals surface area contributed by atoms with E-state index in [1.54, 1.807) is 42.5 Å². The van der Waals surface area contributed by atoms with E-state index in [0.717, 1.165) is 5.39 Å². The number of fused-ring (bicyclic) bond motifs is 2. The maximum absolute atomic E-state index is 12.2. The van der Waals surface area contributed by atoms with Gasteiger partial charge in [0, 0.05) is 5.39 Å². The van der Waals surface area contributed by atoms with Crippen LogP contribution in [0, 0.1) is 0 Å². The van der Waals surface area contributed by atoms with Crippen LogP contribution in [0.15, 0.2) is 60.7 Å². The molecule has 0 unspecified atom stereocenters. The summed E-state index contributed by atoms with van der Waals surface area (Å²) in [6.45, 7) is -0.653. The lowest BCUT2D eigenvalue weighted by Gasteiger charge is -2.25. The highest BCUT2D eigenvalue weighted by Crippen LogP contribution is 2.30. The van der Waals surface area contributed by atoms with Gasteiger partial charge in [-0.05, 0) is 24.3 Å². The predicted molar refractivity (Wildman–Crippen MR) is 102 cm³/mol. The second-order valence-electron chi connectivity index (χ2n) is 6.24. The van der Waals surface area contributed by atoms with E-state index in [1.807, 2.05) is 12.1 Å². The largest absolute Gasteiger partial charge is 0.485 e. The number of benzene rings is 2. The molecule has 146 valence electrons. The number of esters is 1. The number of carbonyl (C=O) groups excluding carboxylic acids is 3. The summed E-state index contributed by atoms with van der Waals surface area (Å²) < 4.78 is 15.9. The molecule has 1 aliphatic rings. The van der Waals surface area contributed by atoms with Gasteiger partial charge in [0.1, 0.15) is 12.3 Å². The second-order valence-corrected chi connectivity index (χ2v) is 6.24. The van der Waals surface area contributed by atoms with Crippen molar-refractivity contribution in [2.45, 2.75) is 6.10 Å². The molecule has 2 amide bonds. The topological polar surface area (TPSA) is 104 Å². The quantitative estimate of drug-likeness (QED) is 0.676. The van der Waals surface area contributed by atoms with Crippen molar-refractivity contribution in [1.82, 2.24) is 10.3 Å². The van der Waals surface area contributed by atoms with E-state index >= 15 is 0 Å². The van der Waals surface area contributed by atoms with Gasteiger partial charge in [-0.2, -0.15) is 0 Å². The molecule has 1 atom stereocenters. The number of nitrogens with zero attached hydrogens (tertiary/aromatic N) is 1. The van der Waals surface area contributed by atoms with Crippen LogP contribution in [0.4, 0.5) is 0 Å². The van der Waals surface area contributed by atoms with Crippen LogP contribution in [-0.2, 0) is 14.3 Å². The summed E-state index contributed by atoms with van der Waals surface area (Å²) in [4.78, 5) is 40.5. The lowest BCUT2D eigenvalue weighted by Crippen LogP contribution is -2.47. The van der Waals surface area contributed by atoms with Crippen LogP contribution >= 0.6 is 0 Å². The zero-order chi connectivity index (χ0) is 20.2. The van der Waals surface area contributed by atoms with E-state index in [9.17, 15) is 14.4 Å². The third-order valence-corrected chi connectivity index (χ3v) is 4.21. The number of imide groups is 1. The second kappa shape index (κ2) is 7.97. The van der Waals surface area contributed by atoms with Gasteiger partial charge >= 0.3 is 5.97 Å². The predicted octanol–water partition coefficient (Wildman–Crippen LogP) is 1.87. The third-order valence-electron chi connectivity index (χ3n) is 4.21. The monoisotopic (exact) mass is 392 g/mol. The number of para-hydroxylation sites is 3. The Kier molecular flexibility index (Phi) is 5.07. The molecule has 8 nitrogen and oxygen atoms in total. The van der Waals surface area contributed by atoms with Crippen LogP contribution in [0.5, 0.6) is 11.5 Å². The number of rotatable bonds is 4.